The molecule has 0 aliphatic carbocycles. The average molecular weight is 250 g/mol. The van der Waals surface area contributed by atoms with Crippen molar-refractivity contribution in [1.82, 2.24) is 14.6 Å². The fourth-order valence-corrected chi connectivity index (χ4v) is 1.99. The van der Waals surface area contributed by atoms with Crippen LogP contribution in [0.25, 0.3) is 16.8 Å². The maximum Gasteiger partial charge on any atom is 0.162 e. The van der Waals surface area contributed by atoms with Gasteiger partial charge < -0.3 is 4.74 Å². The van der Waals surface area contributed by atoms with E-state index in [1.807, 2.05) is 24.4 Å². The van der Waals surface area contributed by atoms with Gasteiger partial charge in [0.25, 0.3) is 0 Å². The molecule has 0 atom stereocenters. The van der Waals surface area contributed by atoms with Crippen LogP contribution in [0.5, 0.6) is 5.75 Å². The predicted octanol–water partition coefficient (Wildman–Crippen LogP) is 2.28. The van der Waals surface area contributed by atoms with Crippen LogP contribution in [0.2, 0.25) is 0 Å². The van der Waals surface area contributed by atoms with Crippen LogP contribution in [0, 0.1) is 11.3 Å². The summed E-state index contributed by atoms with van der Waals surface area (Å²) in [5.41, 5.74) is 2.90. The third-order valence-electron chi connectivity index (χ3n) is 2.92. The minimum atomic E-state index is 0.542. The Morgan fingerprint density at radius 3 is 3.00 bits per heavy atom. The van der Waals surface area contributed by atoms with Gasteiger partial charge in [-0.25, -0.2) is 9.50 Å². The normalized spacial score (nSPS) is 10.3. The number of hydrogen-bond acceptors (Lipinski definition) is 4. The number of benzene rings is 1. The van der Waals surface area contributed by atoms with E-state index in [-0.39, 0.29) is 0 Å². The third-order valence-corrected chi connectivity index (χ3v) is 2.92. The zero-order chi connectivity index (χ0) is 13.2. The Balaban J connectivity index is 2.25. The molecule has 5 heteroatoms. The van der Waals surface area contributed by atoms with Crippen LogP contribution in [0.4, 0.5) is 0 Å². The van der Waals surface area contributed by atoms with Crippen molar-refractivity contribution < 1.29 is 4.74 Å². The first-order valence-corrected chi connectivity index (χ1v) is 5.70. The monoisotopic (exact) mass is 250 g/mol. The van der Waals surface area contributed by atoms with Gasteiger partial charge in [0.1, 0.15) is 5.75 Å². The lowest BCUT2D eigenvalue weighted by molar-refractivity contribution is 0.414. The van der Waals surface area contributed by atoms with Crippen LogP contribution in [0.3, 0.4) is 0 Å². The molecule has 0 aliphatic rings. The summed E-state index contributed by atoms with van der Waals surface area (Å²) in [5.74, 6) is 0.657. The standard InChI is InChI=1S/C14H10N4O/c1-19-11-3-4-12(10(7-11)8-15)13-9-17-18-6-2-5-16-14(13)18/h2-7,9H,1H3. The van der Waals surface area contributed by atoms with E-state index in [0.717, 1.165) is 16.8 Å². The second kappa shape index (κ2) is 4.42. The van der Waals surface area contributed by atoms with Crippen LogP contribution in [0.15, 0.2) is 42.9 Å². The quantitative estimate of drug-likeness (QED) is 0.700. The summed E-state index contributed by atoms with van der Waals surface area (Å²) in [6.07, 6.45) is 5.24. The first-order chi connectivity index (χ1) is 9.33. The zero-order valence-electron chi connectivity index (χ0n) is 10.2. The summed E-state index contributed by atoms with van der Waals surface area (Å²) in [6, 6.07) is 9.37. The van der Waals surface area contributed by atoms with E-state index in [9.17, 15) is 5.26 Å². The molecule has 92 valence electrons. The second-order valence-corrected chi connectivity index (χ2v) is 3.97. The molecular weight excluding hydrogens is 240 g/mol. The molecule has 0 unspecified atom stereocenters. The van der Waals surface area contributed by atoms with Crippen molar-refractivity contribution >= 4 is 5.65 Å². The Morgan fingerprint density at radius 2 is 2.21 bits per heavy atom. The van der Waals surface area contributed by atoms with Crippen molar-refractivity contribution in [1.29, 1.82) is 5.26 Å². The van der Waals surface area contributed by atoms with Crippen molar-refractivity contribution in [2.75, 3.05) is 7.11 Å². The fourth-order valence-electron chi connectivity index (χ4n) is 1.99. The lowest BCUT2D eigenvalue weighted by Crippen LogP contribution is -1.90. The van der Waals surface area contributed by atoms with Crippen LogP contribution in [0.1, 0.15) is 5.56 Å². The zero-order valence-corrected chi connectivity index (χ0v) is 10.2. The third kappa shape index (κ3) is 1.79. The van der Waals surface area contributed by atoms with Crippen molar-refractivity contribution in [3.05, 3.63) is 48.4 Å². The average Bonchev–Trinajstić information content (AvgIpc) is 2.90. The Kier molecular flexibility index (Phi) is 2.62. The molecule has 0 saturated carbocycles. The van der Waals surface area contributed by atoms with Gasteiger partial charge in [-0.2, -0.15) is 10.4 Å². The second-order valence-electron chi connectivity index (χ2n) is 3.97. The molecule has 1 aromatic carbocycles. The number of hydrogen-bond donors (Lipinski definition) is 0. The molecular formula is C14H10N4O. The summed E-state index contributed by atoms with van der Waals surface area (Å²) in [5, 5.41) is 13.5. The lowest BCUT2D eigenvalue weighted by Gasteiger charge is -2.04. The van der Waals surface area contributed by atoms with E-state index in [0.29, 0.717) is 11.3 Å². The van der Waals surface area contributed by atoms with E-state index in [2.05, 4.69) is 16.2 Å². The van der Waals surface area contributed by atoms with Gasteiger partial charge in [0.15, 0.2) is 5.65 Å². The van der Waals surface area contributed by atoms with Gasteiger partial charge in [0.05, 0.1) is 24.9 Å². The molecule has 0 radical (unpaired) electrons. The number of nitriles is 1. The molecule has 2 aromatic heterocycles. The molecule has 0 bridgehead atoms. The van der Waals surface area contributed by atoms with Crippen LogP contribution >= 0.6 is 0 Å². The Morgan fingerprint density at radius 1 is 1.32 bits per heavy atom. The molecule has 0 amide bonds. The lowest BCUT2D eigenvalue weighted by atomic mass is 10.0. The first kappa shape index (κ1) is 11.2. The molecule has 0 fully saturated rings. The van der Waals surface area contributed by atoms with Crippen molar-refractivity contribution in [2.45, 2.75) is 0 Å². The molecule has 0 N–H and O–H groups in total. The Bertz CT molecular complexity index is 785. The van der Waals surface area contributed by atoms with E-state index in [1.54, 1.807) is 30.1 Å². The van der Waals surface area contributed by atoms with Gasteiger partial charge in [0.2, 0.25) is 0 Å². The molecule has 19 heavy (non-hydrogen) atoms. The topological polar surface area (TPSA) is 63.2 Å². The largest absolute Gasteiger partial charge is 0.497 e. The Labute approximate surface area is 109 Å². The van der Waals surface area contributed by atoms with Gasteiger partial charge >= 0.3 is 0 Å². The number of nitrogens with zero attached hydrogens (tertiary/aromatic N) is 4. The summed E-state index contributed by atoms with van der Waals surface area (Å²) in [6.45, 7) is 0. The van der Waals surface area contributed by atoms with Gasteiger partial charge in [-0.3, -0.25) is 0 Å². The summed E-state index contributed by atoms with van der Waals surface area (Å²) in [7, 11) is 1.58. The maximum atomic E-state index is 9.26. The number of fused-ring (bicyclic) bond motifs is 1. The number of rotatable bonds is 2. The molecule has 3 rings (SSSR count). The summed E-state index contributed by atoms with van der Waals surface area (Å²) >= 11 is 0. The fraction of sp³-hybridized carbons (Fsp3) is 0.0714. The molecule has 5 nitrogen and oxygen atoms in total. The van der Waals surface area contributed by atoms with E-state index in [4.69, 9.17) is 4.74 Å². The highest BCUT2D eigenvalue weighted by Gasteiger charge is 2.12. The maximum absolute atomic E-state index is 9.26. The SMILES string of the molecule is COc1ccc(-c2cnn3cccnc23)c(C#N)c1. The number of ether oxygens (including phenoxy) is 1. The van der Waals surface area contributed by atoms with E-state index in [1.165, 1.54) is 0 Å². The van der Waals surface area contributed by atoms with E-state index >= 15 is 0 Å². The van der Waals surface area contributed by atoms with Crippen LogP contribution < -0.4 is 4.74 Å². The summed E-state index contributed by atoms with van der Waals surface area (Å²) in [4.78, 5) is 4.30. The first-order valence-electron chi connectivity index (χ1n) is 5.70. The van der Waals surface area contributed by atoms with Crippen LogP contribution in [-0.2, 0) is 0 Å². The van der Waals surface area contributed by atoms with Crippen molar-refractivity contribution in [3.8, 4) is 22.9 Å². The highest BCUT2D eigenvalue weighted by Crippen LogP contribution is 2.29. The molecule has 0 saturated heterocycles. The Hall–Kier alpha value is -2.87. The predicted molar refractivity (Wildman–Crippen MR) is 69.7 cm³/mol. The molecule has 3 aromatic rings. The van der Waals surface area contributed by atoms with E-state index < -0.39 is 0 Å². The number of aromatic nitrogens is 3. The van der Waals surface area contributed by atoms with Crippen molar-refractivity contribution in [3.63, 3.8) is 0 Å². The van der Waals surface area contributed by atoms with Gasteiger partial charge in [0, 0.05) is 23.5 Å². The van der Waals surface area contributed by atoms with Gasteiger partial charge in [-0.05, 0) is 24.3 Å². The minimum Gasteiger partial charge on any atom is -0.497 e. The smallest absolute Gasteiger partial charge is 0.162 e. The number of methoxy groups -OCH3 is 1. The van der Waals surface area contributed by atoms with Crippen molar-refractivity contribution in [2.24, 2.45) is 0 Å². The highest BCUT2D eigenvalue weighted by atomic mass is 16.5. The summed E-state index contributed by atoms with van der Waals surface area (Å²) < 4.78 is 6.81. The highest BCUT2D eigenvalue weighted by molar-refractivity contribution is 5.81. The molecule has 0 spiro atoms. The molecule has 0 aliphatic heterocycles. The van der Waals surface area contributed by atoms with Gasteiger partial charge in [-0.15, -0.1) is 0 Å². The minimum absolute atomic E-state index is 0.542. The molecule has 2 heterocycles. The van der Waals surface area contributed by atoms with Gasteiger partial charge in [-0.1, -0.05) is 0 Å². The van der Waals surface area contributed by atoms with Crippen LogP contribution in [-0.4, -0.2) is 21.7 Å².